The van der Waals surface area contributed by atoms with Gasteiger partial charge in [0.1, 0.15) is 0 Å². The van der Waals surface area contributed by atoms with E-state index in [0.29, 0.717) is 11.2 Å². The fraction of sp³-hybridized carbons (Fsp3) is 0.923. The zero-order valence-electron chi connectivity index (χ0n) is 11.3. The minimum Gasteiger partial charge on any atom is -0.355 e. The number of thioether (sulfide) groups is 1. The molecular formula is C13H26N2OS. The first-order valence-corrected chi connectivity index (χ1v) is 7.77. The van der Waals surface area contributed by atoms with E-state index in [-0.39, 0.29) is 11.9 Å². The molecule has 0 spiro atoms. The number of amides is 1. The maximum atomic E-state index is 11.7. The van der Waals surface area contributed by atoms with Gasteiger partial charge in [0.25, 0.3) is 0 Å². The first-order chi connectivity index (χ1) is 8.09. The van der Waals surface area contributed by atoms with Crippen molar-refractivity contribution in [2.45, 2.75) is 51.3 Å². The van der Waals surface area contributed by atoms with Crippen molar-refractivity contribution in [3.8, 4) is 0 Å². The second-order valence-corrected chi connectivity index (χ2v) is 6.65. The number of nitrogens with one attached hydrogen (secondary N) is 2. The molecule has 0 aromatic rings. The van der Waals surface area contributed by atoms with Crippen LogP contribution in [0.1, 0.15) is 40.0 Å². The summed E-state index contributed by atoms with van der Waals surface area (Å²) in [6.45, 7) is 8.05. The lowest BCUT2D eigenvalue weighted by Gasteiger charge is -2.17. The molecule has 1 saturated heterocycles. The lowest BCUT2D eigenvalue weighted by molar-refractivity contribution is -0.122. The third-order valence-electron chi connectivity index (χ3n) is 3.09. The molecule has 0 aliphatic carbocycles. The molecule has 1 amide bonds. The van der Waals surface area contributed by atoms with Crippen molar-refractivity contribution in [1.29, 1.82) is 0 Å². The molecule has 0 saturated carbocycles. The Morgan fingerprint density at radius 2 is 2.18 bits per heavy atom. The molecule has 0 bridgehead atoms. The van der Waals surface area contributed by atoms with E-state index in [1.54, 1.807) is 0 Å². The predicted octanol–water partition coefficient (Wildman–Crippen LogP) is 2.02. The van der Waals surface area contributed by atoms with Gasteiger partial charge in [-0.05, 0) is 37.9 Å². The molecule has 1 aliphatic rings. The van der Waals surface area contributed by atoms with Crippen molar-refractivity contribution >= 4 is 17.7 Å². The molecule has 1 heterocycles. The third-order valence-corrected chi connectivity index (χ3v) is 4.49. The van der Waals surface area contributed by atoms with E-state index >= 15 is 0 Å². The van der Waals surface area contributed by atoms with Crippen LogP contribution in [0, 0.1) is 5.92 Å². The summed E-state index contributed by atoms with van der Waals surface area (Å²) >= 11 is 2.02. The van der Waals surface area contributed by atoms with Gasteiger partial charge < -0.3 is 10.6 Å². The molecule has 2 unspecified atom stereocenters. The quantitative estimate of drug-likeness (QED) is 0.734. The number of carbonyl (C=O) groups is 1. The van der Waals surface area contributed by atoms with Gasteiger partial charge in [-0.15, -0.1) is 0 Å². The normalized spacial score (nSPS) is 21.8. The molecule has 0 aromatic heterocycles. The van der Waals surface area contributed by atoms with Gasteiger partial charge in [-0.1, -0.05) is 13.8 Å². The molecule has 3 nitrogen and oxygen atoms in total. The van der Waals surface area contributed by atoms with Crippen molar-refractivity contribution in [3.05, 3.63) is 0 Å². The van der Waals surface area contributed by atoms with E-state index in [2.05, 4.69) is 24.5 Å². The highest BCUT2D eigenvalue weighted by molar-refractivity contribution is 8.00. The molecule has 0 radical (unpaired) electrons. The fourth-order valence-electron chi connectivity index (χ4n) is 1.84. The maximum absolute atomic E-state index is 11.7. The van der Waals surface area contributed by atoms with Crippen LogP contribution in [0.3, 0.4) is 0 Å². The summed E-state index contributed by atoms with van der Waals surface area (Å²) in [5.74, 6) is 2.06. The molecule has 0 aromatic carbocycles. The molecule has 1 rings (SSSR count). The summed E-state index contributed by atoms with van der Waals surface area (Å²) in [5, 5.41) is 7.02. The average molecular weight is 258 g/mol. The van der Waals surface area contributed by atoms with Gasteiger partial charge in [-0.3, -0.25) is 4.79 Å². The third kappa shape index (κ3) is 6.32. The molecule has 4 heteroatoms. The number of carbonyl (C=O) groups excluding carboxylic acids is 1. The topological polar surface area (TPSA) is 41.1 Å². The van der Waals surface area contributed by atoms with Crippen molar-refractivity contribution in [2.24, 2.45) is 5.92 Å². The van der Waals surface area contributed by atoms with Crippen LogP contribution in [0.4, 0.5) is 0 Å². The van der Waals surface area contributed by atoms with E-state index < -0.39 is 0 Å². The summed E-state index contributed by atoms with van der Waals surface area (Å²) in [7, 11) is 0. The Kier molecular flexibility index (Phi) is 6.97. The maximum Gasteiger partial charge on any atom is 0.236 e. The molecule has 17 heavy (non-hydrogen) atoms. The summed E-state index contributed by atoms with van der Waals surface area (Å²) < 4.78 is 0. The number of hydrogen-bond donors (Lipinski definition) is 2. The zero-order chi connectivity index (χ0) is 12.7. The van der Waals surface area contributed by atoms with Crippen LogP contribution in [0.25, 0.3) is 0 Å². The standard InChI is InChI=1S/C13H26N2OS/c1-10(2)6-7-14-13(16)11(3)15-9-12-5-4-8-17-12/h10-12,15H,4-9H2,1-3H3,(H,14,16). The predicted molar refractivity (Wildman–Crippen MR) is 75.4 cm³/mol. The summed E-state index contributed by atoms with van der Waals surface area (Å²) in [6.07, 6.45) is 3.67. The van der Waals surface area contributed by atoms with Crippen molar-refractivity contribution < 1.29 is 4.79 Å². The van der Waals surface area contributed by atoms with Crippen LogP contribution in [0.5, 0.6) is 0 Å². The van der Waals surface area contributed by atoms with Crippen LogP contribution in [-0.2, 0) is 4.79 Å². The summed E-state index contributed by atoms with van der Waals surface area (Å²) in [5.41, 5.74) is 0. The van der Waals surface area contributed by atoms with Gasteiger partial charge in [0.15, 0.2) is 0 Å². The highest BCUT2D eigenvalue weighted by Gasteiger charge is 2.18. The van der Waals surface area contributed by atoms with Gasteiger partial charge in [0.2, 0.25) is 5.91 Å². The number of hydrogen-bond acceptors (Lipinski definition) is 3. The Labute approximate surface area is 109 Å². The molecule has 1 aliphatic heterocycles. The molecule has 2 atom stereocenters. The van der Waals surface area contributed by atoms with E-state index in [4.69, 9.17) is 0 Å². The molecule has 2 N–H and O–H groups in total. The van der Waals surface area contributed by atoms with E-state index in [1.807, 2.05) is 18.7 Å². The second kappa shape index (κ2) is 7.98. The van der Waals surface area contributed by atoms with Crippen LogP contribution in [0.2, 0.25) is 0 Å². The van der Waals surface area contributed by atoms with Crippen molar-refractivity contribution in [2.75, 3.05) is 18.8 Å². The van der Waals surface area contributed by atoms with Gasteiger partial charge in [0.05, 0.1) is 6.04 Å². The summed E-state index contributed by atoms with van der Waals surface area (Å²) in [4.78, 5) is 11.7. The van der Waals surface area contributed by atoms with Gasteiger partial charge in [-0.25, -0.2) is 0 Å². The first kappa shape index (κ1) is 14.8. The molecular weight excluding hydrogens is 232 g/mol. The second-order valence-electron chi connectivity index (χ2n) is 5.24. The molecule has 100 valence electrons. The zero-order valence-corrected chi connectivity index (χ0v) is 12.1. The largest absolute Gasteiger partial charge is 0.355 e. The molecule has 1 fully saturated rings. The fourth-order valence-corrected chi connectivity index (χ4v) is 3.06. The lowest BCUT2D eigenvalue weighted by Crippen LogP contribution is -2.44. The Bertz CT molecular complexity index is 227. The van der Waals surface area contributed by atoms with Gasteiger partial charge >= 0.3 is 0 Å². The van der Waals surface area contributed by atoms with E-state index in [1.165, 1.54) is 18.6 Å². The monoisotopic (exact) mass is 258 g/mol. The van der Waals surface area contributed by atoms with Crippen molar-refractivity contribution in [3.63, 3.8) is 0 Å². The Hall–Kier alpha value is -0.220. The van der Waals surface area contributed by atoms with Crippen LogP contribution < -0.4 is 10.6 Å². The Morgan fingerprint density at radius 3 is 2.76 bits per heavy atom. The lowest BCUT2D eigenvalue weighted by atomic mass is 10.1. The van der Waals surface area contributed by atoms with Crippen LogP contribution in [0.15, 0.2) is 0 Å². The SMILES string of the molecule is CC(C)CCNC(=O)C(C)NCC1CCCS1. The van der Waals surface area contributed by atoms with Gasteiger partial charge in [0, 0.05) is 18.3 Å². The minimum atomic E-state index is -0.0663. The highest BCUT2D eigenvalue weighted by Crippen LogP contribution is 2.25. The van der Waals surface area contributed by atoms with Crippen LogP contribution >= 0.6 is 11.8 Å². The highest BCUT2D eigenvalue weighted by atomic mass is 32.2. The van der Waals surface area contributed by atoms with E-state index in [0.717, 1.165) is 19.5 Å². The smallest absolute Gasteiger partial charge is 0.236 e. The number of rotatable bonds is 7. The minimum absolute atomic E-state index is 0.0663. The van der Waals surface area contributed by atoms with Crippen LogP contribution in [-0.4, -0.2) is 36.0 Å². The van der Waals surface area contributed by atoms with Gasteiger partial charge in [-0.2, -0.15) is 11.8 Å². The summed E-state index contributed by atoms with van der Waals surface area (Å²) in [6, 6.07) is -0.0663. The Balaban J connectivity index is 2.08. The van der Waals surface area contributed by atoms with E-state index in [9.17, 15) is 4.79 Å². The Morgan fingerprint density at radius 1 is 1.41 bits per heavy atom. The van der Waals surface area contributed by atoms with Crippen molar-refractivity contribution in [1.82, 2.24) is 10.6 Å². The first-order valence-electron chi connectivity index (χ1n) is 6.72. The average Bonchev–Trinajstić information content (AvgIpc) is 2.78.